The molecule has 0 bridgehead atoms. The van der Waals surface area contributed by atoms with Gasteiger partial charge in [-0.3, -0.25) is 4.79 Å². The van der Waals surface area contributed by atoms with Gasteiger partial charge in [-0.25, -0.2) is 9.67 Å². The molecular weight excluding hydrogens is 314 g/mol. The molecule has 134 valence electrons. The third-order valence-electron chi connectivity index (χ3n) is 5.14. The van der Waals surface area contributed by atoms with Crippen LogP contribution in [0.1, 0.15) is 49.9 Å². The van der Waals surface area contributed by atoms with Crippen LogP contribution in [0.2, 0.25) is 0 Å². The second-order valence-corrected chi connectivity index (χ2v) is 7.23. The zero-order chi connectivity index (χ0) is 17.9. The summed E-state index contributed by atoms with van der Waals surface area (Å²) in [6, 6.07) is 5.74. The van der Waals surface area contributed by atoms with Crippen molar-refractivity contribution in [3.63, 3.8) is 0 Å². The number of nitrogens with zero attached hydrogens (tertiary/aromatic N) is 3. The molecule has 2 aromatic heterocycles. The molecule has 25 heavy (non-hydrogen) atoms. The van der Waals surface area contributed by atoms with E-state index in [-0.39, 0.29) is 11.3 Å². The van der Waals surface area contributed by atoms with Crippen molar-refractivity contribution >= 4 is 11.6 Å². The van der Waals surface area contributed by atoms with Gasteiger partial charge in [-0.2, -0.15) is 5.10 Å². The molecule has 2 heterocycles. The van der Waals surface area contributed by atoms with Crippen LogP contribution < -0.4 is 11.1 Å². The van der Waals surface area contributed by atoms with Crippen molar-refractivity contribution in [1.29, 1.82) is 0 Å². The van der Waals surface area contributed by atoms with Crippen LogP contribution in [0.4, 0.5) is 5.69 Å². The molecule has 6 nitrogen and oxygen atoms in total. The molecule has 0 unspecified atom stereocenters. The van der Waals surface area contributed by atoms with Crippen LogP contribution in [-0.4, -0.2) is 27.2 Å². The largest absolute Gasteiger partial charge is 0.330 e. The number of hydrogen-bond acceptors (Lipinski definition) is 4. The number of carbonyl (C=O) groups is 1. The van der Waals surface area contributed by atoms with Gasteiger partial charge in [-0.05, 0) is 56.8 Å². The Labute approximate surface area is 148 Å². The summed E-state index contributed by atoms with van der Waals surface area (Å²) in [6.07, 6.45) is 7.86. The lowest BCUT2D eigenvalue weighted by molar-refractivity contribution is -0.118. The summed E-state index contributed by atoms with van der Waals surface area (Å²) in [5, 5.41) is 7.38. The minimum absolute atomic E-state index is 0.0213. The van der Waals surface area contributed by atoms with Crippen molar-refractivity contribution in [1.82, 2.24) is 14.8 Å². The molecule has 1 amide bonds. The van der Waals surface area contributed by atoms with Gasteiger partial charge in [0.2, 0.25) is 5.91 Å². The van der Waals surface area contributed by atoms with Gasteiger partial charge in [0.05, 0.1) is 17.6 Å². The Balaban J connectivity index is 1.65. The molecule has 0 radical (unpaired) electrons. The molecule has 2 aromatic rings. The fourth-order valence-corrected chi connectivity index (χ4v) is 3.75. The van der Waals surface area contributed by atoms with Crippen molar-refractivity contribution < 1.29 is 4.79 Å². The van der Waals surface area contributed by atoms with Gasteiger partial charge >= 0.3 is 0 Å². The molecule has 1 aliphatic carbocycles. The molecule has 0 atom stereocenters. The van der Waals surface area contributed by atoms with Crippen molar-refractivity contribution in [3.05, 3.63) is 35.8 Å². The number of aryl methyl sites for hydroxylation is 2. The van der Waals surface area contributed by atoms with Crippen LogP contribution in [0.5, 0.6) is 0 Å². The summed E-state index contributed by atoms with van der Waals surface area (Å²) in [7, 11) is 0. The van der Waals surface area contributed by atoms with E-state index < -0.39 is 0 Å². The molecule has 3 N–H and O–H groups in total. The van der Waals surface area contributed by atoms with E-state index in [4.69, 9.17) is 5.73 Å². The van der Waals surface area contributed by atoms with E-state index in [9.17, 15) is 4.79 Å². The van der Waals surface area contributed by atoms with Gasteiger partial charge in [-0.1, -0.05) is 19.3 Å². The molecule has 0 aromatic carbocycles. The number of carbonyl (C=O) groups excluding carboxylic acids is 1. The van der Waals surface area contributed by atoms with Gasteiger partial charge in [-0.15, -0.1) is 0 Å². The summed E-state index contributed by atoms with van der Waals surface area (Å²) in [6.45, 7) is 4.53. The highest BCUT2D eigenvalue weighted by Gasteiger charge is 2.32. The Hall–Kier alpha value is -2.21. The van der Waals surface area contributed by atoms with E-state index in [1.54, 1.807) is 10.9 Å². The summed E-state index contributed by atoms with van der Waals surface area (Å²) < 4.78 is 1.80. The number of rotatable bonds is 5. The zero-order valence-corrected chi connectivity index (χ0v) is 15.1. The molecular formula is C19H27N5O. The van der Waals surface area contributed by atoms with Crippen molar-refractivity contribution in [2.45, 2.75) is 52.4 Å². The van der Waals surface area contributed by atoms with Crippen molar-refractivity contribution in [2.24, 2.45) is 11.1 Å². The van der Waals surface area contributed by atoms with E-state index in [0.29, 0.717) is 18.7 Å². The second kappa shape index (κ2) is 7.35. The number of anilines is 1. The number of amides is 1. The maximum atomic E-state index is 12.4. The number of pyridine rings is 1. The van der Waals surface area contributed by atoms with E-state index in [1.165, 1.54) is 19.3 Å². The Morgan fingerprint density at radius 3 is 2.60 bits per heavy atom. The standard InChI is InChI=1S/C19H27N5O/c1-14-10-15(2)24(23-14)17-7-6-16(12-21-17)22-18(25)11-19(13-20)8-4-3-5-9-19/h6-7,10,12H,3-5,8-9,11,13,20H2,1-2H3,(H,22,25). The van der Waals surface area contributed by atoms with E-state index in [2.05, 4.69) is 15.4 Å². The predicted molar refractivity (Wildman–Crippen MR) is 98.7 cm³/mol. The number of aromatic nitrogens is 3. The number of hydrogen-bond donors (Lipinski definition) is 2. The lowest BCUT2D eigenvalue weighted by Gasteiger charge is -2.35. The monoisotopic (exact) mass is 341 g/mol. The lowest BCUT2D eigenvalue weighted by Crippen LogP contribution is -2.36. The summed E-state index contributed by atoms with van der Waals surface area (Å²) in [5.74, 6) is 0.766. The van der Waals surface area contributed by atoms with E-state index in [0.717, 1.165) is 30.0 Å². The van der Waals surface area contributed by atoms with Crippen LogP contribution in [0.15, 0.2) is 24.4 Å². The first kappa shape index (κ1) is 17.6. The van der Waals surface area contributed by atoms with Gasteiger partial charge in [0, 0.05) is 12.1 Å². The molecule has 0 spiro atoms. The highest BCUT2D eigenvalue weighted by molar-refractivity contribution is 5.91. The average Bonchev–Trinajstić information content (AvgIpc) is 2.94. The molecule has 1 fully saturated rings. The third kappa shape index (κ3) is 4.07. The van der Waals surface area contributed by atoms with Crippen LogP contribution in [-0.2, 0) is 4.79 Å². The maximum Gasteiger partial charge on any atom is 0.225 e. The van der Waals surface area contributed by atoms with Gasteiger partial charge < -0.3 is 11.1 Å². The topological polar surface area (TPSA) is 85.8 Å². The van der Waals surface area contributed by atoms with Crippen molar-refractivity contribution in [2.75, 3.05) is 11.9 Å². The predicted octanol–water partition coefficient (Wildman–Crippen LogP) is 3.12. The molecule has 6 heteroatoms. The number of nitrogens with one attached hydrogen (secondary N) is 1. The normalized spacial score (nSPS) is 16.6. The first-order chi connectivity index (χ1) is 12.0. The summed E-state index contributed by atoms with van der Waals surface area (Å²) in [5.41, 5.74) is 8.64. The molecule has 1 aliphatic rings. The molecule has 0 saturated heterocycles. The molecule has 3 rings (SSSR count). The fourth-order valence-electron chi connectivity index (χ4n) is 3.75. The summed E-state index contributed by atoms with van der Waals surface area (Å²) >= 11 is 0. The Morgan fingerprint density at radius 2 is 2.04 bits per heavy atom. The van der Waals surface area contributed by atoms with Crippen LogP contribution >= 0.6 is 0 Å². The SMILES string of the molecule is Cc1cc(C)n(-c2ccc(NC(=O)CC3(CN)CCCCC3)cn2)n1. The van der Waals surface area contributed by atoms with Crippen LogP contribution in [0.3, 0.4) is 0 Å². The highest BCUT2D eigenvalue weighted by Crippen LogP contribution is 2.38. The Morgan fingerprint density at radius 1 is 1.28 bits per heavy atom. The second-order valence-electron chi connectivity index (χ2n) is 7.23. The van der Waals surface area contributed by atoms with E-state index in [1.807, 2.05) is 32.0 Å². The van der Waals surface area contributed by atoms with Gasteiger partial charge in [0.25, 0.3) is 0 Å². The lowest BCUT2D eigenvalue weighted by atomic mass is 9.71. The number of nitrogens with two attached hydrogens (primary N) is 1. The minimum atomic E-state index is -0.0284. The molecule has 1 saturated carbocycles. The minimum Gasteiger partial charge on any atom is -0.330 e. The fraction of sp³-hybridized carbons (Fsp3) is 0.526. The quantitative estimate of drug-likeness (QED) is 0.875. The first-order valence-corrected chi connectivity index (χ1v) is 9.01. The van der Waals surface area contributed by atoms with Gasteiger partial charge in [0.1, 0.15) is 0 Å². The Bertz CT molecular complexity index is 729. The smallest absolute Gasteiger partial charge is 0.225 e. The van der Waals surface area contributed by atoms with Gasteiger partial charge in [0.15, 0.2) is 5.82 Å². The maximum absolute atomic E-state index is 12.4. The van der Waals surface area contributed by atoms with Crippen LogP contribution in [0, 0.1) is 19.3 Å². The zero-order valence-electron chi connectivity index (χ0n) is 15.1. The molecule has 0 aliphatic heterocycles. The average molecular weight is 341 g/mol. The summed E-state index contributed by atoms with van der Waals surface area (Å²) in [4.78, 5) is 16.9. The Kier molecular flexibility index (Phi) is 5.18. The van der Waals surface area contributed by atoms with Crippen molar-refractivity contribution in [3.8, 4) is 5.82 Å². The highest BCUT2D eigenvalue weighted by atomic mass is 16.1. The third-order valence-corrected chi connectivity index (χ3v) is 5.14. The first-order valence-electron chi connectivity index (χ1n) is 9.01. The van der Waals surface area contributed by atoms with E-state index >= 15 is 0 Å². The van der Waals surface area contributed by atoms with Crippen LogP contribution in [0.25, 0.3) is 5.82 Å².